The molecule has 4 heteroatoms. The first-order chi connectivity index (χ1) is 8.26. The van der Waals surface area contributed by atoms with Gasteiger partial charge in [0.15, 0.2) is 0 Å². The number of carbonyl (C=O) groups excluding carboxylic acids is 1. The van der Waals surface area contributed by atoms with Crippen LogP contribution in [-0.2, 0) is 4.79 Å². The van der Waals surface area contributed by atoms with Crippen LogP contribution in [0.3, 0.4) is 0 Å². The predicted octanol–water partition coefficient (Wildman–Crippen LogP) is 1.39. The molecule has 2 N–H and O–H groups in total. The Balaban J connectivity index is 2.17. The third kappa shape index (κ3) is 5.99. The van der Waals surface area contributed by atoms with E-state index >= 15 is 0 Å². The Morgan fingerprint density at radius 1 is 1.59 bits per heavy atom. The fourth-order valence-electron chi connectivity index (χ4n) is 1.86. The Labute approximate surface area is 108 Å². The van der Waals surface area contributed by atoms with Crippen LogP contribution >= 0.6 is 11.8 Å². The summed E-state index contributed by atoms with van der Waals surface area (Å²) in [7, 11) is 0. The van der Waals surface area contributed by atoms with E-state index < -0.39 is 0 Å². The van der Waals surface area contributed by atoms with Gasteiger partial charge in [0, 0.05) is 17.7 Å². The summed E-state index contributed by atoms with van der Waals surface area (Å²) in [5.41, 5.74) is 0. The van der Waals surface area contributed by atoms with Gasteiger partial charge in [-0.05, 0) is 32.4 Å². The molecule has 1 fully saturated rings. The lowest BCUT2D eigenvalue weighted by molar-refractivity contribution is -0.119. The molecule has 3 nitrogen and oxygen atoms in total. The summed E-state index contributed by atoms with van der Waals surface area (Å²) in [6.07, 6.45) is 9.11. The zero-order valence-corrected chi connectivity index (χ0v) is 11.3. The van der Waals surface area contributed by atoms with Gasteiger partial charge in [0.05, 0.1) is 5.75 Å². The Morgan fingerprint density at radius 3 is 2.88 bits per heavy atom. The predicted molar refractivity (Wildman–Crippen MR) is 74.0 cm³/mol. The molecule has 0 radical (unpaired) electrons. The van der Waals surface area contributed by atoms with Crippen LogP contribution in [0, 0.1) is 12.3 Å². The van der Waals surface area contributed by atoms with Gasteiger partial charge in [0.2, 0.25) is 5.91 Å². The van der Waals surface area contributed by atoms with Crippen LogP contribution in [0.2, 0.25) is 0 Å². The second kappa shape index (κ2) is 8.43. The number of amides is 1. The number of terminal acetylenes is 1. The fraction of sp³-hybridized carbons (Fsp3) is 0.769. The smallest absolute Gasteiger partial charge is 0.230 e. The topological polar surface area (TPSA) is 41.1 Å². The highest BCUT2D eigenvalue weighted by atomic mass is 32.2. The number of piperidine rings is 1. The standard InChI is InChI=1S/C13H22N2OS/c1-3-5-11(4-2)15-13(16)10-17-12-6-8-14-9-7-12/h1,11-12,14H,4-10H2,2H3,(H,15,16). The highest BCUT2D eigenvalue weighted by molar-refractivity contribution is 8.00. The second-order valence-electron chi connectivity index (χ2n) is 4.34. The van der Waals surface area contributed by atoms with E-state index in [1.807, 2.05) is 6.92 Å². The largest absolute Gasteiger partial charge is 0.352 e. The summed E-state index contributed by atoms with van der Waals surface area (Å²) < 4.78 is 0. The first-order valence-electron chi connectivity index (χ1n) is 6.31. The van der Waals surface area contributed by atoms with Gasteiger partial charge in [-0.3, -0.25) is 4.79 Å². The summed E-state index contributed by atoms with van der Waals surface area (Å²) in [5, 5.41) is 6.95. The van der Waals surface area contributed by atoms with Gasteiger partial charge in [-0.2, -0.15) is 0 Å². The van der Waals surface area contributed by atoms with Crippen molar-refractivity contribution in [1.82, 2.24) is 10.6 Å². The molecule has 1 heterocycles. The van der Waals surface area contributed by atoms with E-state index in [-0.39, 0.29) is 11.9 Å². The fourth-order valence-corrected chi connectivity index (χ4v) is 2.90. The molecule has 1 atom stereocenters. The minimum Gasteiger partial charge on any atom is -0.352 e. The van der Waals surface area contributed by atoms with Gasteiger partial charge < -0.3 is 10.6 Å². The summed E-state index contributed by atoms with van der Waals surface area (Å²) in [6, 6.07) is 0.140. The Kier molecular flexibility index (Phi) is 7.14. The molecule has 0 bridgehead atoms. The zero-order valence-electron chi connectivity index (χ0n) is 10.5. The molecule has 0 aromatic carbocycles. The Bertz CT molecular complexity index is 269. The van der Waals surface area contributed by atoms with Crippen molar-refractivity contribution in [2.24, 2.45) is 0 Å². The van der Waals surface area contributed by atoms with Crippen LogP contribution in [0.1, 0.15) is 32.6 Å². The maximum atomic E-state index is 11.7. The van der Waals surface area contributed by atoms with E-state index in [9.17, 15) is 4.79 Å². The molecule has 1 amide bonds. The number of carbonyl (C=O) groups is 1. The summed E-state index contributed by atoms with van der Waals surface area (Å²) in [5.74, 6) is 3.28. The molecule has 0 aromatic heterocycles. The van der Waals surface area contributed by atoms with Gasteiger partial charge in [0.1, 0.15) is 0 Å². The molecule has 17 heavy (non-hydrogen) atoms. The van der Waals surface area contributed by atoms with Crippen LogP contribution in [0.25, 0.3) is 0 Å². The summed E-state index contributed by atoms with van der Waals surface area (Å²) in [6.45, 7) is 4.20. The van der Waals surface area contributed by atoms with Crippen molar-refractivity contribution in [3.8, 4) is 12.3 Å². The van der Waals surface area contributed by atoms with E-state index in [1.54, 1.807) is 11.8 Å². The molecule has 0 aromatic rings. The van der Waals surface area contributed by atoms with Gasteiger partial charge in [-0.25, -0.2) is 0 Å². The van der Waals surface area contributed by atoms with Crippen molar-refractivity contribution >= 4 is 17.7 Å². The molecule has 1 unspecified atom stereocenters. The number of hydrogen-bond acceptors (Lipinski definition) is 3. The molecule has 0 saturated carbocycles. The first kappa shape index (κ1) is 14.4. The maximum absolute atomic E-state index is 11.7. The lowest BCUT2D eigenvalue weighted by Crippen LogP contribution is -2.36. The van der Waals surface area contributed by atoms with Crippen LogP contribution in [0.4, 0.5) is 0 Å². The summed E-state index contributed by atoms with van der Waals surface area (Å²) in [4.78, 5) is 11.7. The van der Waals surface area contributed by atoms with Crippen LogP contribution < -0.4 is 10.6 Å². The van der Waals surface area contributed by atoms with Gasteiger partial charge in [-0.15, -0.1) is 24.1 Å². The Morgan fingerprint density at radius 2 is 2.29 bits per heavy atom. The maximum Gasteiger partial charge on any atom is 0.230 e. The second-order valence-corrected chi connectivity index (χ2v) is 5.63. The number of rotatable bonds is 6. The highest BCUT2D eigenvalue weighted by Gasteiger charge is 2.16. The molecule has 96 valence electrons. The Hall–Kier alpha value is -0.660. The highest BCUT2D eigenvalue weighted by Crippen LogP contribution is 2.19. The molecular formula is C13H22N2OS. The lowest BCUT2D eigenvalue weighted by atomic mass is 10.1. The third-order valence-corrected chi connectivity index (χ3v) is 4.33. The lowest BCUT2D eigenvalue weighted by Gasteiger charge is -2.22. The van der Waals surface area contributed by atoms with Gasteiger partial charge in [-0.1, -0.05) is 6.92 Å². The minimum atomic E-state index is 0.121. The average Bonchev–Trinajstić information content (AvgIpc) is 2.37. The molecule has 0 spiro atoms. The number of nitrogens with one attached hydrogen (secondary N) is 2. The molecule has 1 aliphatic heterocycles. The molecule has 1 saturated heterocycles. The molecule has 1 rings (SSSR count). The van der Waals surface area contributed by atoms with E-state index in [4.69, 9.17) is 6.42 Å². The quantitative estimate of drug-likeness (QED) is 0.704. The van der Waals surface area contributed by atoms with Crippen LogP contribution in [-0.4, -0.2) is 36.0 Å². The van der Waals surface area contributed by atoms with Crippen molar-refractivity contribution < 1.29 is 4.79 Å². The van der Waals surface area contributed by atoms with Crippen molar-refractivity contribution in [2.45, 2.75) is 43.9 Å². The van der Waals surface area contributed by atoms with E-state index in [1.165, 1.54) is 12.8 Å². The first-order valence-corrected chi connectivity index (χ1v) is 7.36. The van der Waals surface area contributed by atoms with Gasteiger partial charge in [0.25, 0.3) is 0 Å². The number of thioether (sulfide) groups is 1. The SMILES string of the molecule is C#CCC(CC)NC(=O)CSC1CCNCC1. The van der Waals surface area contributed by atoms with Crippen molar-refractivity contribution in [2.75, 3.05) is 18.8 Å². The van der Waals surface area contributed by atoms with Crippen molar-refractivity contribution in [3.05, 3.63) is 0 Å². The molecule has 1 aliphatic rings. The minimum absolute atomic E-state index is 0.121. The monoisotopic (exact) mass is 254 g/mol. The summed E-state index contributed by atoms with van der Waals surface area (Å²) >= 11 is 1.77. The van der Waals surface area contributed by atoms with Crippen LogP contribution in [0.15, 0.2) is 0 Å². The van der Waals surface area contributed by atoms with Gasteiger partial charge >= 0.3 is 0 Å². The van der Waals surface area contributed by atoms with Crippen molar-refractivity contribution in [3.63, 3.8) is 0 Å². The normalized spacial score (nSPS) is 18.4. The van der Waals surface area contributed by atoms with E-state index in [2.05, 4.69) is 16.6 Å². The van der Waals surface area contributed by atoms with Crippen molar-refractivity contribution in [1.29, 1.82) is 0 Å². The van der Waals surface area contributed by atoms with E-state index in [0.29, 0.717) is 17.4 Å². The third-order valence-electron chi connectivity index (χ3n) is 2.96. The van der Waals surface area contributed by atoms with E-state index in [0.717, 1.165) is 19.5 Å². The molecular weight excluding hydrogens is 232 g/mol. The molecule has 0 aliphatic carbocycles. The average molecular weight is 254 g/mol. The van der Waals surface area contributed by atoms with Crippen LogP contribution in [0.5, 0.6) is 0 Å². The zero-order chi connectivity index (χ0) is 12.5. The number of hydrogen-bond donors (Lipinski definition) is 2.